The lowest BCUT2D eigenvalue weighted by Crippen LogP contribution is -2.54. The predicted octanol–water partition coefficient (Wildman–Crippen LogP) is 6.03. The van der Waals surface area contributed by atoms with Crippen molar-refractivity contribution in [1.29, 1.82) is 0 Å². The number of thioether (sulfide) groups is 1. The maximum absolute atomic E-state index is 13.9. The number of hydrogen-bond donors (Lipinski definition) is 1. The van der Waals surface area contributed by atoms with Crippen LogP contribution < -0.4 is 5.32 Å². The molecule has 0 radical (unpaired) electrons. The van der Waals surface area contributed by atoms with Gasteiger partial charge in [0, 0.05) is 42.9 Å². The minimum absolute atomic E-state index is 0.0423. The number of nitrogens with one attached hydrogen (secondary N) is 1. The number of rotatable bonds is 8. The maximum Gasteiger partial charge on any atom is 0.260 e. The highest BCUT2D eigenvalue weighted by Crippen LogP contribution is 2.44. The van der Waals surface area contributed by atoms with Crippen molar-refractivity contribution in [1.82, 2.24) is 15.1 Å². The average molecular weight is 546 g/mol. The first-order valence-corrected chi connectivity index (χ1v) is 15.6. The fourth-order valence-corrected chi connectivity index (χ4v) is 7.94. The van der Waals surface area contributed by atoms with Crippen molar-refractivity contribution in [2.24, 2.45) is 5.92 Å². The number of aryl methyl sites for hydroxylation is 1. The van der Waals surface area contributed by atoms with Gasteiger partial charge in [0.05, 0.1) is 4.91 Å². The SMILES string of the molecule is Cc1cccc(CN2C(=O)/C(=C\c3ccccc3)SC3CCC(C(=O)NCCN(C)C4CCCCC4)CC32)c1. The average Bonchev–Trinajstić information content (AvgIpc) is 2.96. The van der Waals surface area contributed by atoms with Crippen LogP contribution in [0.4, 0.5) is 0 Å². The monoisotopic (exact) mass is 545 g/mol. The van der Waals surface area contributed by atoms with E-state index in [4.69, 9.17) is 0 Å². The van der Waals surface area contributed by atoms with Gasteiger partial charge in [0.2, 0.25) is 5.91 Å². The van der Waals surface area contributed by atoms with Gasteiger partial charge in [0.1, 0.15) is 0 Å². The summed E-state index contributed by atoms with van der Waals surface area (Å²) < 4.78 is 0. The molecule has 0 bridgehead atoms. The fourth-order valence-electron chi connectivity index (χ4n) is 6.52. The van der Waals surface area contributed by atoms with Gasteiger partial charge in [-0.3, -0.25) is 9.59 Å². The van der Waals surface area contributed by atoms with Crippen molar-refractivity contribution in [2.75, 3.05) is 20.1 Å². The van der Waals surface area contributed by atoms with Crippen LogP contribution in [0.15, 0.2) is 59.5 Å². The summed E-state index contributed by atoms with van der Waals surface area (Å²) in [6.45, 7) is 4.26. The van der Waals surface area contributed by atoms with Gasteiger partial charge in [-0.25, -0.2) is 0 Å². The molecular formula is C33H43N3O2S. The molecule has 0 spiro atoms. The van der Waals surface area contributed by atoms with Gasteiger partial charge < -0.3 is 15.1 Å². The first kappa shape index (κ1) is 28.0. The first-order valence-electron chi connectivity index (χ1n) is 14.8. The second-order valence-electron chi connectivity index (χ2n) is 11.6. The standard InChI is InChI=1S/C33H43N3O2S/c1-24-10-9-13-26(20-24)23-36-29-22-27(32(37)34-18-19-35(2)28-14-7-4-8-15-28)16-17-30(29)39-31(33(36)38)21-25-11-5-3-6-12-25/h3,5-6,9-13,20-21,27-30H,4,7-8,14-19,22-23H2,1-2H3,(H,34,37)/b31-21+. The molecule has 1 N–H and O–H groups in total. The molecule has 1 heterocycles. The van der Waals surface area contributed by atoms with Crippen molar-refractivity contribution < 1.29 is 9.59 Å². The largest absolute Gasteiger partial charge is 0.355 e. The van der Waals surface area contributed by atoms with E-state index in [1.807, 2.05) is 36.4 Å². The van der Waals surface area contributed by atoms with Crippen LogP contribution in [0.5, 0.6) is 0 Å². The molecule has 2 amide bonds. The van der Waals surface area contributed by atoms with Gasteiger partial charge in [-0.1, -0.05) is 79.4 Å². The highest BCUT2D eigenvalue weighted by molar-refractivity contribution is 8.04. The summed E-state index contributed by atoms with van der Waals surface area (Å²) in [7, 11) is 2.20. The molecule has 1 aliphatic heterocycles. The lowest BCUT2D eigenvalue weighted by molar-refractivity contribution is -0.133. The Morgan fingerprint density at radius 1 is 1.05 bits per heavy atom. The Morgan fingerprint density at radius 2 is 1.85 bits per heavy atom. The zero-order valence-corrected chi connectivity index (χ0v) is 24.3. The summed E-state index contributed by atoms with van der Waals surface area (Å²) in [5.41, 5.74) is 3.39. The lowest BCUT2D eigenvalue weighted by atomic mass is 9.83. The second-order valence-corrected chi connectivity index (χ2v) is 12.9. The Hall–Kier alpha value is -2.57. The summed E-state index contributed by atoms with van der Waals surface area (Å²) >= 11 is 1.72. The third kappa shape index (κ3) is 7.15. The Kier molecular flexibility index (Phi) is 9.46. The number of carbonyl (C=O) groups excluding carboxylic acids is 2. The van der Waals surface area contributed by atoms with Crippen LogP contribution >= 0.6 is 11.8 Å². The van der Waals surface area contributed by atoms with Crippen molar-refractivity contribution in [3.8, 4) is 0 Å². The molecule has 3 fully saturated rings. The number of hydrogen-bond acceptors (Lipinski definition) is 4. The number of nitrogens with zero attached hydrogens (tertiary/aromatic N) is 2. The van der Waals surface area contributed by atoms with Gasteiger partial charge in [0.15, 0.2) is 0 Å². The lowest BCUT2D eigenvalue weighted by Gasteiger charge is -2.46. The van der Waals surface area contributed by atoms with Gasteiger partial charge in [0.25, 0.3) is 5.91 Å². The molecule has 1 saturated heterocycles. The fraction of sp³-hybridized carbons (Fsp3) is 0.515. The zero-order valence-electron chi connectivity index (χ0n) is 23.5. The molecule has 2 aliphatic carbocycles. The maximum atomic E-state index is 13.9. The molecule has 3 aliphatic rings. The summed E-state index contributed by atoms with van der Waals surface area (Å²) in [5.74, 6) is 0.199. The van der Waals surface area contributed by atoms with E-state index in [0.29, 0.717) is 24.4 Å². The number of benzene rings is 2. The Morgan fingerprint density at radius 3 is 2.62 bits per heavy atom. The number of carbonyl (C=O) groups is 2. The van der Waals surface area contributed by atoms with Crippen LogP contribution in [0.3, 0.4) is 0 Å². The Bertz CT molecular complexity index is 1160. The van der Waals surface area contributed by atoms with Gasteiger partial charge in [-0.05, 0) is 63.3 Å². The van der Waals surface area contributed by atoms with E-state index in [-0.39, 0.29) is 23.8 Å². The summed E-state index contributed by atoms with van der Waals surface area (Å²) in [4.78, 5) is 32.4. The van der Waals surface area contributed by atoms with E-state index in [0.717, 1.165) is 41.8 Å². The molecular weight excluding hydrogens is 502 g/mol. The molecule has 2 aromatic carbocycles. The smallest absolute Gasteiger partial charge is 0.260 e. The van der Waals surface area contributed by atoms with Crippen LogP contribution in [-0.4, -0.2) is 59.1 Å². The number of likely N-dealkylation sites (N-methyl/N-ethyl adjacent to an activating group) is 1. The zero-order chi connectivity index (χ0) is 27.2. The number of amides is 2. The third-order valence-electron chi connectivity index (χ3n) is 8.77. The third-order valence-corrected chi connectivity index (χ3v) is 10.2. The van der Waals surface area contributed by atoms with Gasteiger partial charge in [-0.15, -0.1) is 11.8 Å². The van der Waals surface area contributed by atoms with Crippen molar-refractivity contribution >= 4 is 29.7 Å². The minimum Gasteiger partial charge on any atom is -0.355 e. The highest BCUT2D eigenvalue weighted by Gasteiger charge is 2.44. The molecule has 2 saturated carbocycles. The van der Waals surface area contributed by atoms with Crippen LogP contribution in [0.1, 0.15) is 68.1 Å². The molecule has 5 rings (SSSR count). The molecule has 5 nitrogen and oxygen atoms in total. The molecule has 3 atom stereocenters. The minimum atomic E-state index is -0.0423. The van der Waals surface area contributed by atoms with Crippen molar-refractivity contribution in [3.05, 3.63) is 76.2 Å². The Balaban J connectivity index is 1.26. The molecule has 208 valence electrons. The molecule has 39 heavy (non-hydrogen) atoms. The highest BCUT2D eigenvalue weighted by atomic mass is 32.2. The molecule has 6 heteroatoms. The predicted molar refractivity (Wildman–Crippen MR) is 161 cm³/mol. The van der Waals surface area contributed by atoms with Crippen LogP contribution in [0.2, 0.25) is 0 Å². The van der Waals surface area contributed by atoms with Crippen LogP contribution in [0.25, 0.3) is 6.08 Å². The second kappa shape index (κ2) is 13.2. The van der Waals surface area contributed by atoms with E-state index >= 15 is 0 Å². The first-order chi connectivity index (χ1) is 19.0. The van der Waals surface area contributed by atoms with Gasteiger partial charge >= 0.3 is 0 Å². The topological polar surface area (TPSA) is 52.7 Å². The summed E-state index contributed by atoms with van der Waals surface area (Å²) in [6, 6.07) is 19.3. The van der Waals surface area contributed by atoms with Crippen LogP contribution in [0, 0.1) is 12.8 Å². The number of fused-ring (bicyclic) bond motifs is 1. The van der Waals surface area contributed by atoms with E-state index in [1.165, 1.54) is 37.7 Å². The van der Waals surface area contributed by atoms with E-state index in [1.54, 1.807) is 11.8 Å². The Labute approximate surface area is 238 Å². The molecule has 2 aromatic rings. The van der Waals surface area contributed by atoms with Crippen molar-refractivity contribution in [3.63, 3.8) is 0 Å². The van der Waals surface area contributed by atoms with Crippen molar-refractivity contribution in [2.45, 2.75) is 82.2 Å². The molecule has 0 aromatic heterocycles. The van der Waals surface area contributed by atoms with Gasteiger partial charge in [-0.2, -0.15) is 0 Å². The van der Waals surface area contributed by atoms with E-state index < -0.39 is 0 Å². The van der Waals surface area contributed by atoms with Crippen LogP contribution in [-0.2, 0) is 16.1 Å². The quantitative estimate of drug-likeness (QED) is 0.412. The summed E-state index contributed by atoms with van der Waals surface area (Å²) in [5, 5.41) is 3.55. The summed E-state index contributed by atoms with van der Waals surface area (Å²) in [6.07, 6.45) is 11.2. The molecule has 3 unspecified atom stereocenters. The van der Waals surface area contributed by atoms with E-state index in [9.17, 15) is 9.59 Å². The van der Waals surface area contributed by atoms with E-state index in [2.05, 4.69) is 53.4 Å². The normalized spacial score (nSPS) is 25.1.